The monoisotopic (exact) mass is 472 g/mol. The molecule has 4 N–H and O–H groups in total. The van der Waals surface area contributed by atoms with Crippen LogP contribution in [0, 0.1) is 12.3 Å². The van der Waals surface area contributed by atoms with Gasteiger partial charge in [-0.05, 0) is 50.2 Å². The first kappa shape index (κ1) is 22.9. The molecule has 2 aliphatic heterocycles. The van der Waals surface area contributed by atoms with Crippen molar-refractivity contribution in [3.63, 3.8) is 0 Å². The fourth-order valence-electron chi connectivity index (χ4n) is 4.38. The zero-order valence-corrected chi connectivity index (χ0v) is 19.4. The predicted molar refractivity (Wildman–Crippen MR) is 135 cm³/mol. The first-order valence-corrected chi connectivity index (χ1v) is 11.8. The molecule has 2 fully saturated rings. The van der Waals surface area contributed by atoms with E-state index in [1.807, 2.05) is 18.2 Å². The molecule has 1 aromatic heterocycles. The number of anilines is 3. The fourth-order valence-corrected chi connectivity index (χ4v) is 4.38. The summed E-state index contributed by atoms with van der Waals surface area (Å²) < 4.78 is 11.7. The average Bonchev–Trinajstić information content (AvgIpc) is 2.89. The lowest BCUT2D eigenvalue weighted by atomic mass is 10.1. The van der Waals surface area contributed by atoms with Crippen LogP contribution in [0.2, 0.25) is 0 Å². The number of piperidine rings is 1. The van der Waals surface area contributed by atoms with Gasteiger partial charge in [0.05, 0.1) is 24.3 Å². The highest BCUT2D eigenvalue weighted by atomic mass is 16.5. The lowest BCUT2D eigenvalue weighted by molar-refractivity contribution is 0.1000. The Kier molecular flexibility index (Phi) is 6.66. The molecule has 9 heteroatoms. The second kappa shape index (κ2) is 10.2. The van der Waals surface area contributed by atoms with Crippen molar-refractivity contribution in [2.45, 2.75) is 18.9 Å². The Morgan fingerprint density at radius 2 is 2.00 bits per heavy atom. The number of benzene rings is 2. The van der Waals surface area contributed by atoms with Gasteiger partial charge in [-0.25, -0.2) is 9.97 Å². The number of rotatable bonds is 6. The molecule has 2 aromatic carbocycles. The van der Waals surface area contributed by atoms with Gasteiger partial charge in [0.1, 0.15) is 11.9 Å². The van der Waals surface area contributed by atoms with Crippen LogP contribution in [-0.4, -0.2) is 61.4 Å². The number of morpholine rings is 1. The molecule has 180 valence electrons. The van der Waals surface area contributed by atoms with Crippen molar-refractivity contribution in [1.29, 1.82) is 0 Å². The lowest BCUT2D eigenvalue weighted by Gasteiger charge is -2.29. The van der Waals surface area contributed by atoms with Gasteiger partial charge < -0.3 is 30.7 Å². The highest BCUT2D eigenvalue weighted by Gasteiger charge is 2.18. The summed E-state index contributed by atoms with van der Waals surface area (Å²) in [6.45, 7) is 4.61. The molecule has 2 aliphatic rings. The number of nitrogens with one attached hydrogen (secondary N) is 2. The highest BCUT2D eigenvalue weighted by Crippen LogP contribution is 2.29. The van der Waals surface area contributed by atoms with E-state index in [1.54, 1.807) is 18.3 Å². The third-order valence-electron chi connectivity index (χ3n) is 6.25. The van der Waals surface area contributed by atoms with Gasteiger partial charge in [0.2, 0.25) is 11.9 Å². The number of hydrogen-bond acceptors (Lipinski definition) is 8. The van der Waals surface area contributed by atoms with Crippen LogP contribution >= 0.6 is 0 Å². The number of carbonyl (C=O) groups is 1. The standard InChI is InChI=1S/C26H28N6O3/c1-2-17-11-19-16-29-26(31-23(19)15-24(17)35-22-3-5-28-6-4-22)30-20-12-18(25(27)33)13-21(14-20)32-7-9-34-10-8-32/h1,11-16,22,28H,3-10H2,(H2,27,33)(H,29,30,31). The molecule has 0 unspecified atom stereocenters. The van der Waals surface area contributed by atoms with E-state index < -0.39 is 5.91 Å². The lowest BCUT2D eigenvalue weighted by Crippen LogP contribution is -2.36. The van der Waals surface area contributed by atoms with Crippen LogP contribution in [0.25, 0.3) is 10.9 Å². The van der Waals surface area contributed by atoms with Crippen LogP contribution < -0.4 is 26.0 Å². The molecule has 0 saturated carbocycles. The summed E-state index contributed by atoms with van der Waals surface area (Å²) in [5, 5.41) is 7.38. The second-order valence-corrected chi connectivity index (χ2v) is 8.67. The number of carbonyl (C=O) groups excluding carboxylic acids is 1. The number of aromatic nitrogens is 2. The van der Waals surface area contributed by atoms with Crippen LogP contribution in [0.3, 0.4) is 0 Å². The highest BCUT2D eigenvalue weighted by molar-refractivity contribution is 5.95. The average molecular weight is 473 g/mol. The minimum absolute atomic E-state index is 0.121. The van der Waals surface area contributed by atoms with E-state index >= 15 is 0 Å². The predicted octanol–water partition coefficient (Wildman–Crippen LogP) is 2.42. The van der Waals surface area contributed by atoms with Crippen LogP contribution in [0.5, 0.6) is 5.75 Å². The van der Waals surface area contributed by atoms with E-state index in [-0.39, 0.29) is 6.10 Å². The minimum atomic E-state index is -0.496. The van der Waals surface area contributed by atoms with E-state index in [0.29, 0.717) is 47.2 Å². The number of nitrogens with zero attached hydrogens (tertiary/aromatic N) is 3. The minimum Gasteiger partial charge on any atom is -0.489 e. The molecule has 0 atom stereocenters. The fraction of sp³-hybridized carbons (Fsp3) is 0.346. The Hall–Kier alpha value is -3.87. The van der Waals surface area contributed by atoms with E-state index in [4.69, 9.17) is 21.6 Å². The number of amides is 1. The van der Waals surface area contributed by atoms with Crippen LogP contribution in [0.4, 0.5) is 17.3 Å². The summed E-state index contributed by atoms with van der Waals surface area (Å²) in [7, 11) is 0. The van der Waals surface area contributed by atoms with Crippen molar-refractivity contribution in [3.05, 3.63) is 47.7 Å². The van der Waals surface area contributed by atoms with Crippen LogP contribution in [0.1, 0.15) is 28.8 Å². The molecular weight excluding hydrogens is 444 g/mol. The van der Waals surface area contributed by atoms with Gasteiger partial charge in [0, 0.05) is 47.7 Å². The summed E-state index contributed by atoms with van der Waals surface area (Å²) >= 11 is 0. The first-order chi connectivity index (χ1) is 17.1. The summed E-state index contributed by atoms with van der Waals surface area (Å²) in [6, 6.07) is 9.20. The zero-order chi connectivity index (χ0) is 24.2. The third kappa shape index (κ3) is 5.29. The Balaban J connectivity index is 1.44. The Bertz CT molecular complexity index is 1280. The van der Waals surface area contributed by atoms with Crippen LogP contribution in [-0.2, 0) is 4.74 Å². The molecule has 2 saturated heterocycles. The van der Waals surface area contributed by atoms with Crippen molar-refractivity contribution in [2.24, 2.45) is 5.73 Å². The maximum absolute atomic E-state index is 12.0. The summed E-state index contributed by atoms with van der Waals surface area (Å²) in [5.74, 6) is 3.27. The summed E-state index contributed by atoms with van der Waals surface area (Å²) in [4.78, 5) is 23.3. The van der Waals surface area contributed by atoms with E-state index in [9.17, 15) is 4.79 Å². The molecule has 35 heavy (non-hydrogen) atoms. The van der Waals surface area contributed by atoms with Crippen molar-refractivity contribution < 1.29 is 14.3 Å². The summed E-state index contributed by atoms with van der Waals surface area (Å²) in [5.41, 5.74) is 8.97. The maximum atomic E-state index is 12.0. The Labute approximate surface area is 204 Å². The van der Waals surface area contributed by atoms with Gasteiger partial charge >= 0.3 is 0 Å². The third-order valence-corrected chi connectivity index (χ3v) is 6.25. The molecular formula is C26H28N6O3. The molecule has 1 amide bonds. The van der Waals surface area contributed by atoms with E-state index in [2.05, 4.69) is 31.4 Å². The number of hydrogen-bond donors (Lipinski definition) is 3. The van der Waals surface area contributed by atoms with E-state index in [0.717, 1.165) is 50.1 Å². The molecule has 3 heterocycles. The van der Waals surface area contributed by atoms with Gasteiger partial charge in [-0.3, -0.25) is 4.79 Å². The molecule has 3 aromatic rings. The van der Waals surface area contributed by atoms with Crippen molar-refractivity contribution in [3.8, 4) is 18.1 Å². The normalized spacial score (nSPS) is 16.6. The summed E-state index contributed by atoms with van der Waals surface area (Å²) in [6.07, 6.45) is 9.45. The molecule has 0 bridgehead atoms. The topological polar surface area (TPSA) is 115 Å². The molecule has 9 nitrogen and oxygen atoms in total. The number of terminal acetylenes is 1. The molecule has 0 spiro atoms. The quantitative estimate of drug-likeness (QED) is 0.469. The SMILES string of the molecule is C#Cc1cc2cnc(Nc3cc(C(N)=O)cc(N4CCOCC4)c3)nc2cc1OC1CCNCC1. The molecule has 5 rings (SSSR count). The van der Waals surface area contributed by atoms with Gasteiger partial charge in [-0.1, -0.05) is 5.92 Å². The van der Waals surface area contributed by atoms with Crippen molar-refractivity contribution in [1.82, 2.24) is 15.3 Å². The van der Waals surface area contributed by atoms with Crippen molar-refractivity contribution in [2.75, 3.05) is 49.6 Å². The van der Waals surface area contributed by atoms with Crippen molar-refractivity contribution >= 4 is 34.1 Å². The second-order valence-electron chi connectivity index (χ2n) is 8.67. The first-order valence-electron chi connectivity index (χ1n) is 11.8. The Morgan fingerprint density at radius 1 is 1.20 bits per heavy atom. The zero-order valence-electron chi connectivity index (χ0n) is 19.4. The smallest absolute Gasteiger partial charge is 0.248 e. The van der Waals surface area contributed by atoms with E-state index in [1.165, 1.54) is 0 Å². The number of ether oxygens (including phenoxy) is 2. The number of primary amides is 1. The van der Waals surface area contributed by atoms with Gasteiger partial charge in [0.25, 0.3) is 0 Å². The van der Waals surface area contributed by atoms with Gasteiger partial charge in [0.15, 0.2) is 0 Å². The maximum Gasteiger partial charge on any atom is 0.248 e. The van der Waals surface area contributed by atoms with Crippen LogP contribution in [0.15, 0.2) is 36.5 Å². The Morgan fingerprint density at radius 3 is 2.74 bits per heavy atom. The molecule has 0 radical (unpaired) electrons. The number of nitrogens with two attached hydrogens (primary N) is 1. The number of fused-ring (bicyclic) bond motifs is 1. The molecule has 0 aliphatic carbocycles. The largest absolute Gasteiger partial charge is 0.489 e. The van der Waals surface area contributed by atoms with Gasteiger partial charge in [-0.2, -0.15) is 0 Å². The van der Waals surface area contributed by atoms with Gasteiger partial charge in [-0.15, -0.1) is 6.42 Å².